The van der Waals surface area contributed by atoms with Gasteiger partial charge in [-0.2, -0.15) is 0 Å². The molecule has 1 N–H and O–H groups in total. The lowest BCUT2D eigenvalue weighted by atomic mass is 10.3. The minimum atomic E-state index is -0.419. The molecule has 7 heteroatoms. The zero-order valence-corrected chi connectivity index (χ0v) is 13.8. The summed E-state index contributed by atoms with van der Waals surface area (Å²) in [5.41, 5.74) is 0. The highest BCUT2D eigenvalue weighted by Crippen LogP contribution is 2.21. The Hall–Kier alpha value is -0.660. The largest absolute Gasteiger partial charge is 0.478 e. The third-order valence-corrected chi connectivity index (χ3v) is 4.64. The molecule has 0 aliphatic carbocycles. The van der Waals surface area contributed by atoms with E-state index < -0.39 is 5.76 Å². The zero-order valence-electron chi connectivity index (χ0n) is 9.77. The van der Waals surface area contributed by atoms with Gasteiger partial charge >= 0.3 is 5.76 Å². The lowest BCUT2D eigenvalue weighted by Gasteiger charge is -2.12. The first-order valence-electron chi connectivity index (χ1n) is 5.45. The number of nitrogens with one attached hydrogen (secondary N) is 1. The molecule has 0 radical (unpaired) electrons. The second-order valence-electron chi connectivity index (χ2n) is 3.64. The van der Waals surface area contributed by atoms with Crippen LogP contribution in [0.15, 0.2) is 44.1 Å². The van der Waals surface area contributed by atoms with Gasteiger partial charge in [0.1, 0.15) is 11.5 Å². The van der Waals surface area contributed by atoms with Crippen molar-refractivity contribution in [1.29, 1.82) is 0 Å². The van der Waals surface area contributed by atoms with Crippen molar-refractivity contribution in [3.05, 3.63) is 51.2 Å². The Morgan fingerprint density at radius 2 is 2.11 bits per heavy atom. The number of aromatic amines is 1. The fourth-order valence-corrected chi connectivity index (χ4v) is 3.09. The monoisotopic (exact) mass is 407 g/mol. The summed E-state index contributed by atoms with van der Waals surface area (Å²) in [6.07, 6.45) is 1.58. The van der Waals surface area contributed by atoms with Crippen LogP contribution in [-0.4, -0.2) is 15.8 Å². The highest BCUT2D eigenvalue weighted by Gasteiger charge is 2.07. The molecule has 1 atom stereocenters. The summed E-state index contributed by atoms with van der Waals surface area (Å²) in [6, 6.07) is 7.65. The van der Waals surface area contributed by atoms with E-state index in [9.17, 15) is 4.79 Å². The molecule has 0 spiro atoms. The van der Waals surface area contributed by atoms with Crippen molar-refractivity contribution in [1.82, 2.24) is 4.98 Å². The molecule has 2 aromatic rings. The highest BCUT2D eigenvalue weighted by atomic mass is 79.9. The second kappa shape index (κ2) is 7.21. The van der Waals surface area contributed by atoms with Crippen molar-refractivity contribution in [2.24, 2.45) is 0 Å². The number of H-pyrrole nitrogens is 1. The van der Waals surface area contributed by atoms with Gasteiger partial charge < -0.3 is 9.15 Å². The number of rotatable bonds is 6. The molecule has 0 amide bonds. The van der Waals surface area contributed by atoms with Crippen LogP contribution in [0.5, 0.6) is 5.75 Å². The number of halogens is 2. The van der Waals surface area contributed by atoms with Gasteiger partial charge in [-0.1, -0.05) is 15.9 Å². The Kier molecular flexibility index (Phi) is 5.59. The molecule has 1 aromatic carbocycles. The van der Waals surface area contributed by atoms with Gasteiger partial charge in [-0.3, -0.25) is 4.98 Å². The van der Waals surface area contributed by atoms with Gasteiger partial charge in [0.15, 0.2) is 5.01 Å². The minimum absolute atomic E-state index is 0.0932. The molecule has 0 aliphatic heterocycles. The second-order valence-corrected chi connectivity index (χ2v) is 6.61. The normalized spacial score (nSPS) is 12.3. The number of ether oxygens (including phenoxy) is 1. The maximum absolute atomic E-state index is 10.8. The first-order chi connectivity index (χ1) is 9.13. The Labute approximate surface area is 131 Å². The van der Waals surface area contributed by atoms with Gasteiger partial charge in [0.2, 0.25) is 0 Å². The van der Waals surface area contributed by atoms with Crippen LogP contribution in [0, 0.1) is 0 Å². The summed E-state index contributed by atoms with van der Waals surface area (Å²) in [4.78, 5) is 13.3. The average Bonchev–Trinajstić information content (AvgIpc) is 2.78. The molecule has 2 rings (SSSR count). The molecule has 102 valence electrons. The summed E-state index contributed by atoms with van der Waals surface area (Å²) in [7, 11) is 0. The lowest BCUT2D eigenvalue weighted by molar-refractivity contribution is 0.318. The van der Waals surface area contributed by atoms with E-state index in [1.165, 1.54) is 0 Å². The highest BCUT2D eigenvalue weighted by molar-refractivity contribution is 9.10. The number of hydrogen-bond donors (Lipinski definition) is 1. The van der Waals surface area contributed by atoms with Crippen molar-refractivity contribution in [3.63, 3.8) is 0 Å². The Morgan fingerprint density at radius 1 is 1.37 bits per heavy atom. The van der Waals surface area contributed by atoms with Crippen LogP contribution in [0.3, 0.4) is 0 Å². The molecular formula is C12H11Br2NO3S. The minimum Gasteiger partial charge on any atom is -0.478 e. The fourth-order valence-electron chi connectivity index (χ4n) is 1.34. The summed E-state index contributed by atoms with van der Waals surface area (Å²) >= 11 is 8.44. The van der Waals surface area contributed by atoms with Gasteiger partial charge in [0.25, 0.3) is 0 Å². The number of benzene rings is 1. The van der Waals surface area contributed by atoms with Crippen LogP contribution >= 0.6 is 43.6 Å². The van der Waals surface area contributed by atoms with Gasteiger partial charge in [-0.15, -0.1) is 11.8 Å². The number of aromatic nitrogens is 1. The molecule has 0 saturated carbocycles. The predicted octanol–water partition coefficient (Wildman–Crippen LogP) is 3.76. The number of alkyl halides is 1. The summed E-state index contributed by atoms with van der Waals surface area (Å²) in [5.74, 6) is 2.39. The standard InChI is InChI=1S/C12H11Br2NO3S/c13-8-1-3-9(4-2-8)17-11(14)7-19-6-10-5-15-12(16)18-10/h1-5,11H,6-7H2,(H,15,16). The van der Waals surface area contributed by atoms with E-state index in [0.717, 1.165) is 16.0 Å². The van der Waals surface area contributed by atoms with Crippen LogP contribution in [0.1, 0.15) is 5.76 Å². The lowest BCUT2D eigenvalue weighted by Crippen LogP contribution is -2.11. The van der Waals surface area contributed by atoms with Crippen LogP contribution in [-0.2, 0) is 5.75 Å². The zero-order chi connectivity index (χ0) is 13.7. The average molecular weight is 409 g/mol. The van der Waals surface area contributed by atoms with Gasteiger partial charge in [-0.05, 0) is 40.2 Å². The SMILES string of the molecule is O=c1[nH]cc(CSCC(Br)Oc2ccc(Br)cc2)o1. The van der Waals surface area contributed by atoms with E-state index in [1.807, 2.05) is 24.3 Å². The molecule has 0 aliphatic rings. The maximum atomic E-state index is 10.8. The maximum Gasteiger partial charge on any atom is 0.416 e. The predicted molar refractivity (Wildman–Crippen MR) is 83.0 cm³/mol. The molecule has 1 heterocycles. The van der Waals surface area contributed by atoms with E-state index in [1.54, 1.807) is 18.0 Å². The van der Waals surface area contributed by atoms with Gasteiger partial charge in [-0.25, -0.2) is 4.79 Å². The first kappa shape index (κ1) is 14.7. The topological polar surface area (TPSA) is 55.2 Å². The van der Waals surface area contributed by atoms with Gasteiger partial charge in [0.05, 0.1) is 5.75 Å². The van der Waals surface area contributed by atoms with Crippen molar-refractivity contribution < 1.29 is 9.15 Å². The molecule has 19 heavy (non-hydrogen) atoms. The number of oxazole rings is 1. The summed E-state index contributed by atoms with van der Waals surface area (Å²) in [5, 5.41) is -0.0932. The van der Waals surface area contributed by atoms with E-state index in [0.29, 0.717) is 11.5 Å². The van der Waals surface area contributed by atoms with Crippen molar-refractivity contribution in [2.75, 3.05) is 5.75 Å². The summed E-state index contributed by atoms with van der Waals surface area (Å²) in [6.45, 7) is 0. The Morgan fingerprint density at radius 3 is 2.74 bits per heavy atom. The van der Waals surface area contributed by atoms with Crippen molar-refractivity contribution >= 4 is 43.6 Å². The molecule has 0 saturated heterocycles. The summed E-state index contributed by atoms with van der Waals surface area (Å²) < 4.78 is 11.6. The van der Waals surface area contributed by atoms with Crippen LogP contribution < -0.4 is 10.5 Å². The number of thioether (sulfide) groups is 1. The van der Waals surface area contributed by atoms with Crippen LogP contribution in [0.2, 0.25) is 0 Å². The molecule has 0 fully saturated rings. The van der Waals surface area contributed by atoms with E-state index in [4.69, 9.17) is 9.15 Å². The molecule has 1 unspecified atom stereocenters. The number of hydrogen-bond acceptors (Lipinski definition) is 4. The smallest absolute Gasteiger partial charge is 0.416 e. The molecule has 1 aromatic heterocycles. The molecule has 0 bridgehead atoms. The van der Waals surface area contributed by atoms with Crippen LogP contribution in [0.4, 0.5) is 0 Å². The quantitative estimate of drug-likeness (QED) is 0.739. The van der Waals surface area contributed by atoms with E-state index in [-0.39, 0.29) is 5.01 Å². The van der Waals surface area contributed by atoms with Gasteiger partial charge in [0, 0.05) is 16.4 Å². The van der Waals surface area contributed by atoms with E-state index >= 15 is 0 Å². The van der Waals surface area contributed by atoms with E-state index in [2.05, 4.69) is 36.8 Å². The molecular weight excluding hydrogens is 398 g/mol. The third kappa shape index (κ3) is 5.08. The van der Waals surface area contributed by atoms with Crippen molar-refractivity contribution in [3.8, 4) is 5.75 Å². The van der Waals surface area contributed by atoms with Crippen LogP contribution in [0.25, 0.3) is 0 Å². The fraction of sp³-hybridized carbons (Fsp3) is 0.250. The Bertz CT molecular complexity index is 567. The molecule has 4 nitrogen and oxygen atoms in total. The Balaban J connectivity index is 1.74. The first-order valence-corrected chi connectivity index (χ1v) is 8.31. The van der Waals surface area contributed by atoms with Crippen molar-refractivity contribution in [2.45, 2.75) is 10.8 Å². The third-order valence-electron chi connectivity index (χ3n) is 2.15.